The summed E-state index contributed by atoms with van der Waals surface area (Å²) in [6.07, 6.45) is 3.38. The maximum absolute atomic E-state index is 10.7. The van der Waals surface area contributed by atoms with Gasteiger partial charge in [0.05, 0.1) is 13.0 Å². The Labute approximate surface area is 78.4 Å². The average Bonchev–Trinajstić information content (AvgIpc) is 2.17. The molecule has 4 heteroatoms. The van der Waals surface area contributed by atoms with Crippen molar-refractivity contribution < 1.29 is 14.7 Å². The zero-order valence-electron chi connectivity index (χ0n) is 8.19. The summed E-state index contributed by atoms with van der Waals surface area (Å²) in [5, 5.41) is 10.6. The standard InChI is InChI=1S/C9H17NO3/c1-10(13-2)8-5-3-7(4-6-8)9(11)12/h7-8H,3-6H2,1-2H3,(H,11,12). The summed E-state index contributed by atoms with van der Waals surface area (Å²) >= 11 is 0. The predicted octanol–water partition coefficient (Wildman–Crippen LogP) is 1.12. The van der Waals surface area contributed by atoms with Gasteiger partial charge in [-0.25, -0.2) is 0 Å². The Morgan fingerprint density at radius 2 is 1.92 bits per heavy atom. The number of hydrogen-bond donors (Lipinski definition) is 1. The fourth-order valence-corrected chi connectivity index (χ4v) is 1.84. The first-order valence-electron chi connectivity index (χ1n) is 4.65. The summed E-state index contributed by atoms with van der Waals surface area (Å²) < 4.78 is 0. The number of carboxylic acids is 1. The van der Waals surface area contributed by atoms with Crippen LogP contribution in [0.3, 0.4) is 0 Å². The Hall–Kier alpha value is -0.610. The molecule has 4 nitrogen and oxygen atoms in total. The van der Waals surface area contributed by atoms with Crippen molar-refractivity contribution in [2.45, 2.75) is 31.7 Å². The number of aliphatic carboxylic acids is 1. The molecule has 1 N–H and O–H groups in total. The van der Waals surface area contributed by atoms with Crippen molar-refractivity contribution in [3.8, 4) is 0 Å². The Bertz CT molecular complexity index is 176. The second kappa shape index (κ2) is 4.58. The number of hydrogen-bond acceptors (Lipinski definition) is 3. The summed E-state index contributed by atoms with van der Waals surface area (Å²) in [5.41, 5.74) is 0. The van der Waals surface area contributed by atoms with E-state index in [4.69, 9.17) is 9.94 Å². The minimum Gasteiger partial charge on any atom is -0.481 e. The van der Waals surface area contributed by atoms with Crippen molar-refractivity contribution in [2.75, 3.05) is 14.2 Å². The van der Waals surface area contributed by atoms with Crippen molar-refractivity contribution in [1.82, 2.24) is 5.06 Å². The van der Waals surface area contributed by atoms with Gasteiger partial charge in [0.2, 0.25) is 0 Å². The molecule has 1 aliphatic rings. The topological polar surface area (TPSA) is 49.8 Å². The first-order valence-corrected chi connectivity index (χ1v) is 4.65. The quantitative estimate of drug-likeness (QED) is 0.673. The number of rotatable bonds is 3. The molecule has 0 aliphatic heterocycles. The molecular formula is C9H17NO3. The molecule has 1 aliphatic carbocycles. The summed E-state index contributed by atoms with van der Waals surface area (Å²) in [5.74, 6) is -0.792. The zero-order valence-corrected chi connectivity index (χ0v) is 8.19. The number of hydroxylamine groups is 2. The third-order valence-electron chi connectivity index (χ3n) is 2.85. The SMILES string of the molecule is CON(C)C1CCC(C(=O)O)CC1. The van der Waals surface area contributed by atoms with Crippen molar-refractivity contribution in [1.29, 1.82) is 0 Å². The molecule has 1 rings (SSSR count). The molecular weight excluding hydrogens is 170 g/mol. The molecule has 0 heterocycles. The number of carbonyl (C=O) groups is 1. The molecule has 0 unspecified atom stereocenters. The highest BCUT2D eigenvalue weighted by atomic mass is 16.7. The van der Waals surface area contributed by atoms with Gasteiger partial charge in [-0.15, -0.1) is 0 Å². The van der Waals surface area contributed by atoms with Crippen LogP contribution in [0.15, 0.2) is 0 Å². The largest absolute Gasteiger partial charge is 0.481 e. The first kappa shape index (κ1) is 10.5. The van der Waals surface area contributed by atoms with E-state index in [9.17, 15) is 4.79 Å². The van der Waals surface area contributed by atoms with E-state index in [0.29, 0.717) is 6.04 Å². The Morgan fingerprint density at radius 1 is 1.38 bits per heavy atom. The normalized spacial score (nSPS) is 29.2. The van der Waals surface area contributed by atoms with Crippen molar-refractivity contribution >= 4 is 5.97 Å². The van der Waals surface area contributed by atoms with E-state index < -0.39 is 5.97 Å². The average molecular weight is 187 g/mol. The van der Waals surface area contributed by atoms with E-state index in [1.54, 1.807) is 7.11 Å². The van der Waals surface area contributed by atoms with Crippen LogP contribution in [0.1, 0.15) is 25.7 Å². The van der Waals surface area contributed by atoms with E-state index >= 15 is 0 Å². The van der Waals surface area contributed by atoms with Crippen molar-refractivity contribution in [2.24, 2.45) is 5.92 Å². The van der Waals surface area contributed by atoms with Gasteiger partial charge in [0.1, 0.15) is 0 Å². The lowest BCUT2D eigenvalue weighted by Crippen LogP contribution is -2.35. The van der Waals surface area contributed by atoms with Gasteiger partial charge in [0.15, 0.2) is 0 Å². The second-order valence-corrected chi connectivity index (χ2v) is 3.57. The van der Waals surface area contributed by atoms with E-state index in [1.807, 2.05) is 12.1 Å². The van der Waals surface area contributed by atoms with Gasteiger partial charge in [0, 0.05) is 13.1 Å². The second-order valence-electron chi connectivity index (χ2n) is 3.57. The molecule has 0 saturated heterocycles. The monoisotopic (exact) mass is 187 g/mol. The maximum atomic E-state index is 10.7. The highest BCUT2D eigenvalue weighted by Crippen LogP contribution is 2.26. The number of nitrogens with zero attached hydrogens (tertiary/aromatic N) is 1. The summed E-state index contributed by atoms with van der Waals surface area (Å²) in [4.78, 5) is 15.7. The fourth-order valence-electron chi connectivity index (χ4n) is 1.84. The lowest BCUT2D eigenvalue weighted by molar-refractivity contribution is -0.157. The molecule has 1 saturated carbocycles. The molecule has 0 bridgehead atoms. The highest BCUT2D eigenvalue weighted by Gasteiger charge is 2.27. The minimum atomic E-state index is -0.654. The van der Waals surface area contributed by atoms with Crippen LogP contribution in [-0.2, 0) is 9.63 Å². The molecule has 76 valence electrons. The molecule has 0 aromatic carbocycles. The Morgan fingerprint density at radius 3 is 2.31 bits per heavy atom. The highest BCUT2D eigenvalue weighted by molar-refractivity contribution is 5.70. The van der Waals surface area contributed by atoms with Gasteiger partial charge in [0.25, 0.3) is 0 Å². The summed E-state index contributed by atoms with van der Waals surface area (Å²) in [6, 6.07) is 0.389. The van der Waals surface area contributed by atoms with Gasteiger partial charge in [-0.05, 0) is 25.7 Å². The molecule has 13 heavy (non-hydrogen) atoms. The molecule has 0 aromatic heterocycles. The van der Waals surface area contributed by atoms with Crippen LogP contribution in [0.2, 0.25) is 0 Å². The molecule has 1 fully saturated rings. The van der Waals surface area contributed by atoms with E-state index in [0.717, 1.165) is 25.7 Å². The smallest absolute Gasteiger partial charge is 0.306 e. The molecule has 0 atom stereocenters. The van der Waals surface area contributed by atoms with Crippen LogP contribution in [0.4, 0.5) is 0 Å². The van der Waals surface area contributed by atoms with Crippen LogP contribution in [0, 0.1) is 5.92 Å². The molecule has 0 radical (unpaired) electrons. The van der Waals surface area contributed by atoms with Crippen LogP contribution in [0.5, 0.6) is 0 Å². The summed E-state index contributed by atoms with van der Waals surface area (Å²) in [6.45, 7) is 0. The van der Waals surface area contributed by atoms with Crippen LogP contribution in [-0.4, -0.2) is 36.3 Å². The fraction of sp³-hybridized carbons (Fsp3) is 0.889. The Balaban J connectivity index is 2.34. The first-order chi connectivity index (χ1) is 6.15. The summed E-state index contributed by atoms with van der Waals surface area (Å²) in [7, 11) is 3.54. The lowest BCUT2D eigenvalue weighted by Gasteiger charge is -2.31. The molecule has 0 aromatic rings. The predicted molar refractivity (Wildman–Crippen MR) is 48.2 cm³/mol. The van der Waals surface area contributed by atoms with Gasteiger partial charge in [-0.3, -0.25) is 4.79 Å². The van der Waals surface area contributed by atoms with Crippen molar-refractivity contribution in [3.05, 3.63) is 0 Å². The molecule has 0 spiro atoms. The van der Waals surface area contributed by atoms with Gasteiger partial charge in [-0.2, -0.15) is 5.06 Å². The van der Waals surface area contributed by atoms with Gasteiger partial charge < -0.3 is 9.94 Å². The van der Waals surface area contributed by atoms with Crippen LogP contribution in [0.25, 0.3) is 0 Å². The van der Waals surface area contributed by atoms with E-state index in [-0.39, 0.29) is 5.92 Å². The van der Waals surface area contributed by atoms with Crippen molar-refractivity contribution in [3.63, 3.8) is 0 Å². The Kier molecular flexibility index (Phi) is 3.69. The van der Waals surface area contributed by atoms with Gasteiger partial charge >= 0.3 is 5.97 Å². The number of carboxylic acid groups (broad SMARTS) is 1. The third kappa shape index (κ3) is 2.67. The minimum absolute atomic E-state index is 0.137. The lowest BCUT2D eigenvalue weighted by atomic mass is 9.86. The third-order valence-corrected chi connectivity index (χ3v) is 2.85. The van der Waals surface area contributed by atoms with E-state index in [2.05, 4.69) is 0 Å². The van der Waals surface area contributed by atoms with Crippen LogP contribution < -0.4 is 0 Å². The zero-order chi connectivity index (χ0) is 9.84. The van der Waals surface area contributed by atoms with E-state index in [1.165, 1.54) is 0 Å². The molecule has 0 amide bonds. The van der Waals surface area contributed by atoms with Crippen LogP contribution >= 0.6 is 0 Å². The maximum Gasteiger partial charge on any atom is 0.306 e. The van der Waals surface area contributed by atoms with Gasteiger partial charge in [-0.1, -0.05) is 0 Å².